The van der Waals surface area contributed by atoms with Gasteiger partial charge in [-0.05, 0) is 65.4 Å². The number of H-pyrrole nitrogens is 1. The lowest BCUT2D eigenvalue weighted by molar-refractivity contribution is -0.384. The van der Waals surface area contributed by atoms with Crippen molar-refractivity contribution < 1.29 is 24.0 Å². The Morgan fingerprint density at radius 3 is 2.39 bits per heavy atom. The van der Waals surface area contributed by atoms with Gasteiger partial charge < -0.3 is 24.3 Å². The van der Waals surface area contributed by atoms with E-state index in [0.717, 1.165) is 22.0 Å². The van der Waals surface area contributed by atoms with Crippen molar-refractivity contribution in [1.82, 2.24) is 14.8 Å². The highest BCUT2D eigenvalue weighted by Gasteiger charge is 2.22. The Morgan fingerprint density at radius 2 is 1.70 bits per heavy atom. The van der Waals surface area contributed by atoms with Crippen molar-refractivity contribution >= 4 is 34.5 Å². The van der Waals surface area contributed by atoms with Crippen LogP contribution in [0, 0.1) is 16.0 Å². The number of para-hydroxylation sites is 1. The number of nitrogens with zero attached hydrogens (tertiary/aromatic N) is 3. The summed E-state index contributed by atoms with van der Waals surface area (Å²) in [6.45, 7) is 5.04. The molecule has 4 aromatic rings. The summed E-state index contributed by atoms with van der Waals surface area (Å²) in [7, 11) is 3.14. The third-order valence-electron chi connectivity index (χ3n) is 7.25. The molecule has 1 aromatic heterocycles. The third-order valence-corrected chi connectivity index (χ3v) is 7.25. The summed E-state index contributed by atoms with van der Waals surface area (Å²) < 4.78 is 10.9. The van der Waals surface area contributed by atoms with Crippen LogP contribution in [0.3, 0.4) is 0 Å². The van der Waals surface area contributed by atoms with Gasteiger partial charge in [0.05, 0.1) is 19.1 Å². The van der Waals surface area contributed by atoms with Crippen molar-refractivity contribution in [3.05, 3.63) is 106 Å². The van der Waals surface area contributed by atoms with Crippen LogP contribution in [0.1, 0.15) is 30.5 Å². The molecule has 0 aliphatic carbocycles. The molecule has 4 rings (SSSR count). The first-order valence-electron chi connectivity index (χ1n) is 14.4. The minimum Gasteiger partial charge on any atom is -0.493 e. The molecule has 10 nitrogen and oxygen atoms in total. The van der Waals surface area contributed by atoms with Gasteiger partial charge in [0.2, 0.25) is 11.8 Å². The number of rotatable bonds is 14. The Morgan fingerprint density at radius 1 is 0.977 bits per heavy atom. The predicted molar refractivity (Wildman–Crippen MR) is 171 cm³/mol. The summed E-state index contributed by atoms with van der Waals surface area (Å²) in [5, 5.41) is 12.1. The molecule has 0 saturated heterocycles. The molecule has 0 saturated carbocycles. The number of fused-ring (bicyclic) bond motifs is 1. The van der Waals surface area contributed by atoms with Crippen molar-refractivity contribution in [2.24, 2.45) is 5.92 Å². The molecule has 44 heavy (non-hydrogen) atoms. The van der Waals surface area contributed by atoms with Crippen LogP contribution in [0.2, 0.25) is 0 Å². The Hall–Kier alpha value is -5.12. The molecule has 0 radical (unpaired) electrons. The molecule has 0 fully saturated rings. The van der Waals surface area contributed by atoms with Crippen LogP contribution in [-0.2, 0) is 22.6 Å². The normalized spacial score (nSPS) is 11.2. The van der Waals surface area contributed by atoms with Crippen LogP contribution in [0.5, 0.6) is 11.5 Å². The van der Waals surface area contributed by atoms with E-state index in [1.807, 2.05) is 56.4 Å². The highest BCUT2D eigenvalue weighted by atomic mass is 16.6. The molecule has 2 amide bonds. The SMILES string of the molecule is COc1ccc(CN(CCc2c[nH]c3ccccc23)C(=O)CN(CC(C)C)C(=O)/C=C/c2ccc([N+](=O)[O-])cc2)cc1OC. The van der Waals surface area contributed by atoms with Crippen molar-refractivity contribution in [2.75, 3.05) is 33.9 Å². The fourth-order valence-electron chi connectivity index (χ4n) is 5.00. The Balaban J connectivity index is 1.55. The summed E-state index contributed by atoms with van der Waals surface area (Å²) in [5.74, 6) is 0.805. The minimum absolute atomic E-state index is 0.0253. The Kier molecular flexibility index (Phi) is 10.7. The maximum atomic E-state index is 13.9. The zero-order chi connectivity index (χ0) is 31.6. The zero-order valence-electron chi connectivity index (χ0n) is 25.5. The average Bonchev–Trinajstić information content (AvgIpc) is 3.44. The molecular formula is C34H38N4O6. The Bertz CT molecular complexity index is 1630. The minimum atomic E-state index is -0.471. The average molecular weight is 599 g/mol. The van der Waals surface area contributed by atoms with Crippen LogP contribution < -0.4 is 9.47 Å². The topological polar surface area (TPSA) is 118 Å². The molecule has 0 aliphatic heterocycles. The van der Waals surface area contributed by atoms with Crippen molar-refractivity contribution in [3.63, 3.8) is 0 Å². The van der Waals surface area contributed by atoms with Gasteiger partial charge in [-0.25, -0.2) is 0 Å². The standard InChI is InChI=1S/C34H38N4O6/c1-24(2)21-37(33(39)16-12-25-9-13-28(14-10-25)38(41)42)23-34(40)36(22-26-11-15-31(43-3)32(19-26)44-4)18-17-27-20-35-30-8-6-5-7-29(27)30/h5-16,19-20,24,35H,17-18,21-23H2,1-4H3/b16-12+. The number of benzene rings is 3. The second kappa shape index (κ2) is 14.9. The maximum Gasteiger partial charge on any atom is 0.269 e. The fraction of sp³-hybridized carbons (Fsp3) is 0.294. The number of hydrogen-bond donors (Lipinski definition) is 1. The third kappa shape index (κ3) is 8.25. The number of carbonyl (C=O) groups is 2. The van der Waals surface area contributed by atoms with Gasteiger partial charge in [0.25, 0.3) is 5.69 Å². The molecule has 0 aliphatic rings. The van der Waals surface area contributed by atoms with Gasteiger partial charge in [-0.1, -0.05) is 38.1 Å². The summed E-state index contributed by atoms with van der Waals surface area (Å²) in [6, 6.07) is 19.5. The van der Waals surface area contributed by atoms with E-state index in [-0.39, 0.29) is 30.0 Å². The monoisotopic (exact) mass is 598 g/mol. The smallest absolute Gasteiger partial charge is 0.269 e. The second-order valence-corrected chi connectivity index (χ2v) is 10.9. The molecular weight excluding hydrogens is 560 g/mol. The molecule has 3 aromatic carbocycles. The molecule has 1 heterocycles. The zero-order valence-corrected chi connectivity index (χ0v) is 25.5. The van der Waals surface area contributed by atoms with E-state index < -0.39 is 4.92 Å². The van der Waals surface area contributed by atoms with Gasteiger partial charge in [0, 0.05) is 54.9 Å². The van der Waals surface area contributed by atoms with Gasteiger partial charge >= 0.3 is 0 Å². The van der Waals surface area contributed by atoms with Crippen molar-refractivity contribution in [2.45, 2.75) is 26.8 Å². The number of hydrogen-bond acceptors (Lipinski definition) is 6. The number of nitro benzene ring substituents is 1. The highest BCUT2D eigenvalue weighted by molar-refractivity contribution is 5.94. The van der Waals surface area contributed by atoms with E-state index in [9.17, 15) is 19.7 Å². The quantitative estimate of drug-likeness (QED) is 0.110. The number of amides is 2. The lowest BCUT2D eigenvalue weighted by Crippen LogP contribution is -2.44. The van der Waals surface area contributed by atoms with E-state index in [0.29, 0.717) is 43.1 Å². The number of nitrogens with one attached hydrogen (secondary N) is 1. The second-order valence-electron chi connectivity index (χ2n) is 10.9. The van der Waals surface area contributed by atoms with Gasteiger partial charge in [-0.15, -0.1) is 0 Å². The van der Waals surface area contributed by atoms with E-state index in [1.165, 1.54) is 18.2 Å². The van der Waals surface area contributed by atoms with Crippen LogP contribution in [0.4, 0.5) is 5.69 Å². The van der Waals surface area contributed by atoms with Crippen molar-refractivity contribution in [1.29, 1.82) is 0 Å². The van der Waals surface area contributed by atoms with Crippen LogP contribution in [-0.4, -0.2) is 65.4 Å². The number of aromatic nitrogens is 1. The van der Waals surface area contributed by atoms with Gasteiger partial charge in [-0.2, -0.15) is 0 Å². The largest absolute Gasteiger partial charge is 0.493 e. The van der Waals surface area contributed by atoms with Gasteiger partial charge in [0.1, 0.15) is 6.54 Å². The van der Waals surface area contributed by atoms with E-state index >= 15 is 0 Å². The van der Waals surface area contributed by atoms with Crippen LogP contribution >= 0.6 is 0 Å². The molecule has 1 N–H and O–H groups in total. The van der Waals surface area contributed by atoms with Crippen LogP contribution in [0.15, 0.2) is 79.0 Å². The highest BCUT2D eigenvalue weighted by Crippen LogP contribution is 2.28. The molecule has 0 bridgehead atoms. The number of carbonyl (C=O) groups excluding carboxylic acids is 2. The fourth-order valence-corrected chi connectivity index (χ4v) is 5.00. The number of nitro groups is 1. The molecule has 0 unspecified atom stereocenters. The molecule has 0 spiro atoms. The first-order valence-corrected chi connectivity index (χ1v) is 14.4. The van der Waals surface area contributed by atoms with E-state index in [2.05, 4.69) is 11.1 Å². The first kappa shape index (κ1) is 31.8. The van der Waals surface area contributed by atoms with Crippen LogP contribution in [0.25, 0.3) is 17.0 Å². The summed E-state index contributed by atoms with van der Waals surface area (Å²) in [4.78, 5) is 44.3. The first-order chi connectivity index (χ1) is 21.2. The van der Waals surface area contributed by atoms with E-state index in [1.54, 1.807) is 42.2 Å². The number of non-ortho nitro benzene ring substituents is 1. The number of methoxy groups -OCH3 is 2. The molecule has 0 atom stereocenters. The van der Waals surface area contributed by atoms with Crippen molar-refractivity contribution in [3.8, 4) is 11.5 Å². The summed E-state index contributed by atoms with van der Waals surface area (Å²) in [6.07, 6.45) is 5.60. The Labute approximate surface area is 257 Å². The summed E-state index contributed by atoms with van der Waals surface area (Å²) in [5.41, 5.74) is 3.63. The molecule has 10 heteroatoms. The summed E-state index contributed by atoms with van der Waals surface area (Å²) >= 11 is 0. The maximum absolute atomic E-state index is 13.9. The van der Waals surface area contributed by atoms with Gasteiger partial charge in [-0.3, -0.25) is 19.7 Å². The number of aromatic amines is 1. The number of ether oxygens (including phenoxy) is 2. The predicted octanol–water partition coefficient (Wildman–Crippen LogP) is 5.86. The van der Waals surface area contributed by atoms with E-state index in [4.69, 9.17) is 9.47 Å². The lowest BCUT2D eigenvalue weighted by Gasteiger charge is -2.28. The van der Waals surface area contributed by atoms with Gasteiger partial charge in [0.15, 0.2) is 11.5 Å². The lowest BCUT2D eigenvalue weighted by atomic mass is 10.1. The molecule has 230 valence electrons.